The van der Waals surface area contributed by atoms with Gasteiger partial charge in [-0.25, -0.2) is 0 Å². The lowest BCUT2D eigenvalue weighted by atomic mass is 10.1. The van der Waals surface area contributed by atoms with Crippen molar-refractivity contribution >= 4 is 5.91 Å². The van der Waals surface area contributed by atoms with Crippen molar-refractivity contribution in [2.75, 3.05) is 13.6 Å². The number of benzene rings is 1. The second kappa shape index (κ2) is 7.40. The van der Waals surface area contributed by atoms with E-state index in [1.54, 1.807) is 19.4 Å². The van der Waals surface area contributed by atoms with Gasteiger partial charge in [0.15, 0.2) is 0 Å². The Morgan fingerprint density at radius 3 is 2.35 bits per heavy atom. The van der Waals surface area contributed by atoms with Gasteiger partial charge in [0.1, 0.15) is 0 Å². The van der Waals surface area contributed by atoms with E-state index >= 15 is 0 Å². The molecular weight excluding hydrogens is 250 g/mol. The topological polar surface area (TPSA) is 54.0 Å². The first-order valence-electron chi connectivity index (χ1n) is 6.70. The van der Waals surface area contributed by atoms with Crippen LogP contribution in [0.4, 0.5) is 0 Å². The molecule has 1 aromatic heterocycles. The summed E-state index contributed by atoms with van der Waals surface area (Å²) in [6.07, 6.45) is 4.10. The molecule has 20 heavy (non-hydrogen) atoms. The number of pyridine rings is 1. The molecule has 0 fully saturated rings. The summed E-state index contributed by atoms with van der Waals surface area (Å²) >= 11 is 0. The molecule has 0 atom stereocenters. The third-order valence-corrected chi connectivity index (χ3v) is 3.10. The molecule has 2 N–H and O–H groups in total. The fraction of sp³-hybridized carbons (Fsp3) is 0.250. The van der Waals surface area contributed by atoms with E-state index in [1.807, 2.05) is 12.1 Å². The van der Waals surface area contributed by atoms with Gasteiger partial charge in [-0.2, -0.15) is 0 Å². The fourth-order valence-corrected chi connectivity index (χ4v) is 1.92. The number of nitrogens with one attached hydrogen (secondary N) is 2. The Labute approximate surface area is 119 Å². The zero-order valence-corrected chi connectivity index (χ0v) is 11.6. The molecule has 0 aliphatic rings. The quantitative estimate of drug-likeness (QED) is 0.788. The van der Waals surface area contributed by atoms with Crippen molar-refractivity contribution in [3.05, 3.63) is 54.4 Å². The lowest BCUT2D eigenvalue weighted by Gasteiger charge is -2.06. The van der Waals surface area contributed by atoms with E-state index in [4.69, 9.17) is 0 Å². The molecule has 0 spiro atoms. The number of nitrogens with zero attached hydrogens (tertiary/aromatic N) is 1. The van der Waals surface area contributed by atoms with Crippen LogP contribution in [0.3, 0.4) is 0 Å². The Kier molecular flexibility index (Phi) is 5.26. The van der Waals surface area contributed by atoms with Crippen molar-refractivity contribution in [1.82, 2.24) is 15.6 Å². The summed E-state index contributed by atoms with van der Waals surface area (Å²) in [4.78, 5) is 15.1. The summed E-state index contributed by atoms with van der Waals surface area (Å²) < 4.78 is 0. The molecule has 2 rings (SSSR count). The summed E-state index contributed by atoms with van der Waals surface area (Å²) in [5.41, 5.74) is 3.56. The van der Waals surface area contributed by atoms with Gasteiger partial charge in [0.05, 0.1) is 0 Å². The van der Waals surface area contributed by atoms with Crippen LogP contribution in [0, 0.1) is 0 Å². The Hall–Kier alpha value is -2.20. The maximum absolute atomic E-state index is 11.1. The van der Waals surface area contributed by atoms with Crippen LogP contribution in [0.5, 0.6) is 0 Å². The van der Waals surface area contributed by atoms with Crippen LogP contribution < -0.4 is 10.6 Å². The number of hydrogen-bond donors (Lipinski definition) is 2. The number of aromatic nitrogens is 1. The standard InChI is InChI=1S/C16H19N3O/c1-17-16(20)8-11-19-12-13-2-4-14(5-3-13)15-6-9-18-10-7-15/h2-7,9-10,19H,8,11-12H2,1H3,(H,17,20). The molecular formula is C16H19N3O. The molecule has 4 nitrogen and oxygen atoms in total. The first-order valence-corrected chi connectivity index (χ1v) is 6.70. The number of amides is 1. The van der Waals surface area contributed by atoms with Crippen LogP contribution in [-0.2, 0) is 11.3 Å². The van der Waals surface area contributed by atoms with Crippen molar-refractivity contribution in [3.8, 4) is 11.1 Å². The molecule has 0 bridgehead atoms. The van der Waals surface area contributed by atoms with Gasteiger partial charge in [-0.05, 0) is 28.8 Å². The number of carbonyl (C=O) groups excluding carboxylic acids is 1. The zero-order chi connectivity index (χ0) is 14.2. The van der Waals surface area contributed by atoms with Crippen LogP contribution in [0.1, 0.15) is 12.0 Å². The normalized spacial score (nSPS) is 10.2. The molecule has 1 aromatic carbocycles. The van der Waals surface area contributed by atoms with E-state index in [2.05, 4.69) is 39.9 Å². The molecule has 2 aromatic rings. The summed E-state index contributed by atoms with van der Waals surface area (Å²) in [5, 5.41) is 5.86. The Morgan fingerprint density at radius 2 is 1.70 bits per heavy atom. The average Bonchev–Trinajstić information content (AvgIpc) is 2.52. The summed E-state index contributed by atoms with van der Waals surface area (Å²) in [5.74, 6) is 0.0607. The van der Waals surface area contributed by atoms with Gasteiger partial charge in [-0.3, -0.25) is 9.78 Å². The maximum atomic E-state index is 11.1. The zero-order valence-electron chi connectivity index (χ0n) is 11.6. The summed E-state index contributed by atoms with van der Waals surface area (Å²) in [6, 6.07) is 12.4. The highest BCUT2D eigenvalue weighted by Crippen LogP contribution is 2.18. The highest BCUT2D eigenvalue weighted by Gasteiger charge is 1.99. The monoisotopic (exact) mass is 269 g/mol. The minimum atomic E-state index is 0.0607. The van der Waals surface area contributed by atoms with E-state index in [1.165, 1.54) is 16.7 Å². The lowest BCUT2D eigenvalue weighted by molar-refractivity contribution is -0.120. The van der Waals surface area contributed by atoms with Crippen LogP contribution in [0.2, 0.25) is 0 Å². The fourth-order valence-electron chi connectivity index (χ4n) is 1.92. The van der Waals surface area contributed by atoms with Gasteiger partial charge in [-0.1, -0.05) is 24.3 Å². The van der Waals surface area contributed by atoms with E-state index in [0.717, 1.165) is 6.54 Å². The molecule has 1 heterocycles. The Morgan fingerprint density at radius 1 is 1.05 bits per heavy atom. The maximum Gasteiger partial charge on any atom is 0.221 e. The highest BCUT2D eigenvalue weighted by molar-refractivity contribution is 5.75. The summed E-state index contributed by atoms with van der Waals surface area (Å²) in [7, 11) is 1.65. The number of carbonyl (C=O) groups is 1. The molecule has 0 radical (unpaired) electrons. The first kappa shape index (κ1) is 14.2. The predicted octanol–water partition coefficient (Wildman–Crippen LogP) is 1.97. The van der Waals surface area contributed by atoms with Crippen LogP contribution in [0.15, 0.2) is 48.8 Å². The predicted molar refractivity (Wildman–Crippen MR) is 80.1 cm³/mol. The van der Waals surface area contributed by atoms with E-state index in [-0.39, 0.29) is 5.91 Å². The minimum absolute atomic E-state index is 0.0607. The molecule has 0 saturated heterocycles. The van der Waals surface area contributed by atoms with Crippen LogP contribution in [0.25, 0.3) is 11.1 Å². The number of rotatable bonds is 6. The molecule has 0 aliphatic heterocycles. The van der Waals surface area contributed by atoms with E-state index in [0.29, 0.717) is 13.0 Å². The molecule has 0 aliphatic carbocycles. The van der Waals surface area contributed by atoms with Crippen molar-refractivity contribution < 1.29 is 4.79 Å². The molecule has 0 unspecified atom stereocenters. The largest absolute Gasteiger partial charge is 0.359 e. The Bertz CT molecular complexity index is 537. The van der Waals surface area contributed by atoms with E-state index < -0.39 is 0 Å². The van der Waals surface area contributed by atoms with Crippen LogP contribution in [-0.4, -0.2) is 24.5 Å². The van der Waals surface area contributed by atoms with Gasteiger partial charge in [0.2, 0.25) is 5.91 Å². The van der Waals surface area contributed by atoms with Gasteiger partial charge in [0.25, 0.3) is 0 Å². The first-order chi connectivity index (χ1) is 9.79. The SMILES string of the molecule is CNC(=O)CCNCc1ccc(-c2ccncc2)cc1. The Balaban J connectivity index is 1.85. The molecule has 104 valence electrons. The summed E-state index contributed by atoms with van der Waals surface area (Å²) in [6.45, 7) is 1.46. The third-order valence-electron chi connectivity index (χ3n) is 3.10. The van der Waals surface area contributed by atoms with Gasteiger partial charge in [0, 0.05) is 39.0 Å². The smallest absolute Gasteiger partial charge is 0.221 e. The van der Waals surface area contributed by atoms with Crippen molar-refractivity contribution in [1.29, 1.82) is 0 Å². The molecule has 1 amide bonds. The van der Waals surface area contributed by atoms with Gasteiger partial charge >= 0.3 is 0 Å². The van der Waals surface area contributed by atoms with Crippen LogP contribution >= 0.6 is 0 Å². The minimum Gasteiger partial charge on any atom is -0.359 e. The van der Waals surface area contributed by atoms with Crippen molar-refractivity contribution in [2.24, 2.45) is 0 Å². The van der Waals surface area contributed by atoms with Gasteiger partial charge in [-0.15, -0.1) is 0 Å². The second-order valence-electron chi connectivity index (χ2n) is 4.53. The van der Waals surface area contributed by atoms with Crippen molar-refractivity contribution in [2.45, 2.75) is 13.0 Å². The van der Waals surface area contributed by atoms with Crippen molar-refractivity contribution in [3.63, 3.8) is 0 Å². The van der Waals surface area contributed by atoms with E-state index in [9.17, 15) is 4.79 Å². The second-order valence-corrected chi connectivity index (χ2v) is 4.53. The average molecular weight is 269 g/mol. The third kappa shape index (κ3) is 4.17. The molecule has 4 heteroatoms. The highest BCUT2D eigenvalue weighted by atomic mass is 16.1. The van der Waals surface area contributed by atoms with Gasteiger partial charge < -0.3 is 10.6 Å². The lowest BCUT2D eigenvalue weighted by Crippen LogP contribution is -2.24. The number of hydrogen-bond acceptors (Lipinski definition) is 3. The molecule has 0 saturated carbocycles.